The molecule has 0 bridgehead atoms. The second kappa shape index (κ2) is 5.13. The Kier molecular flexibility index (Phi) is 3.56. The quantitative estimate of drug-likeness (QED) is 0.822. The molecule has 0 aliphatic rings. The Morgan fingerprint density at radius 1 is 1.00 bits per heavy atom. The maximum absolute atomic E-state index is 5.94. The molecule has 0 aliphatic carbocycles. The van der Waals surface area contributed by atoms with E-state index in [-0.39, 0.29) is 0 Å². The molecular formula is C16H19NO. The second-order valence-electron chi connectivity index (χ2n) is 4.74. The summed E-state index contributed by atoms with van der Waals surface area (Å²) < 4.78 is 5.17. The summed E-state index contributed by atoms with van der Waals surface area (Å²) in [5, 5.41) is 0. The number of methoxy groups -OCH3 is 1. The minimum absolute atomic E-state index is 0.528. The summed E-state index contributed by atoms with van der Waals surface area (Å²) in [4.78, 5) is 0. The summed E-state index contributed by atoms with van der Waals surface area (Å²) in [5.41, 5.74) is 10.3. The molecule has 0 unspecified atom stereocenters. The third-order valence-corrected chi connectivity index (χ3v) is 3.12. The van der Waals surface area contributed by atoms with Crippen LogP contribution in [0.15, 0.2) is 42.5 Å². The molecule has 18 heavy (non-hydrogen) atoms. The minimum atomic E-state index is 0.528. The first kappa shape index (κ1) is 12.5. The lowest BCUT2D eigenvalue weighted by Gasteiger charge is -2.10. The molecular weight excluding hydrogens is 222 g/mol. The molecule has 0 heterocycles. The molecule has 0 aromatic heterocycles. The van der Waals surface area contributed by atoms with Crippen LogP contribution in [0.25, 0.3) is 11.1 Å². The summed E-state index contributed by atoms with van der Waals surface area (Å²) in [6.07, 6.45) is 0. The fourth-order valence-corrected chi connectivity index (χ4v) is 1.99. The first-order valence-electron chi connectivity index (χ1n) is 6.15. The van der Waals surface area contributed by atoms with Gasteiger partial charge in [0, 0.05) is 0 Å². The number of anilines is 1. The van der Waals surface area contributed by atoms with Crippen molar-refractivity contribution in [2.75, 3.05) is 12.8 Å². The van der Waals surface area contributed by atoms with Crippen LogP contribution in [0.4, 0.5) is 5.69 Å². The molecule has 2 nitrogen and oxygen atoms in total. The normalized spacial score (nSPS) is 10.7. The van der Waals surface area contributed by atoms with E-state index in [0.29, 0.717) is 11.6 Å². The predicted octanol–water partition coefficient (Wildman–Crippen LogP) is 4.07. The van der Waals surface area contributed by atoms with Crippen LogP contribution in [-0.4, -0.2) is 7.11 Å². The van der Waals surface area contributed by atoms with Gasteiger partial charge in [-0.1, -0.05) is 44.2 Å². The third kappa shape index (κ3) is 2.48. The molecule has 2 rings (SSSR count). The van der Waals surface area contributed by atoms with Gasteiger partial charge in [0.1, 0.15) is 5.75 Å². The van der Waals surface area contributed by atoms with E-state index in [1.54, 1.807) is 7.11 Å². The van der Waals surface area contributed by atoms with Crippen LogP contribution in [0.3, 0.4) is 0 Å². The van der Waals surface area contributed by atoms with Crippen molar-refractivity contribution < 1.29 is 4.74 Å². The van der Waals surface area contributed by atoms with Crippen molar-refractivity contribution in [2.24, 2.45) is 0 Å². The van der Waals surface area contributed by atoms with Crippen LogP contribution >= 0.6 is 0 Å². The van der Waals surface area contributed by atoms with Crippen molar-refractivity contribution >= 4 is 5.69 Å². The van der Waals surface area contributed by atoms with E-state index in [4.69, 9.17) is 10.5 Å². The Morgan fingerprint density at radius 3 is 2.33 bits per heavy atom. The van der Waals surface area contributed by atoms with Crippen LogP contribution in [-0.2, 0) is 0 Å². The van der Waals surface area contributed by atoms with Gasteiger partial charge in [-0.2, -0.15) is 0 Å². The Bertz CT molecular complexity index is 547. The average Bonchev–Trinajstić information content (AvgIpc) is 2.38. The number of benzene rings is 2. The summed E-state index contributed by atoms with van der Waals surface area (Å²) in [6.45, 7) is 4.39. The fourth-order valence-electron chi connectivity index (χ4n) is 1.99. The molecule has 0 saturated heterocycles. The monoisotopic (exact) mass is 241 g/mol. The predicted molar refractivity (Wildman–Crippen MR) is 76.9 cm³/mol. The zero-order valence-corrected chi connectivity index (χ0v) is 11.1. The lowest BCUT2D eigenvalue weighted by molar-refractivity contribution is 0.417. The molecule has 2 heteroatoms. The third-order valence-electron chi connectivity index (χ3n) is 3.12. The second-order valence-corrected chi connectivity index (χ2v) is 4.74. The van der Waals surface area contributed by atoms with E-state index in [2.05, 4.69) is 38.1 Å². The van der Waals surface area contributed by atoms with Crippen molar-refractivity contribution in [3.05, 3.63) is 48.0 Å². The van der Waals surface area contributed by atoms with Crippen LogP contribution in [0.2, 0.25) is 0 Å². The van der Waals surface area contributed by atoms with Gasteiger partial charge in [-0.25, -0.2) is 0 Å². The SMILES string of the molecule is COc1ccc(-c2cccc(C(C)C)c2)cc1N. The minimum Gasteiger partial charge on any atom is -0.495 e. The molecule has 2 aromatic rings. The van der Waals surface area contributed by atoms with E-state index in [0.717, 1.165) is 11.3 Å². The lowest BCUT2D eigenvalue weighted by Crippen LogP contribution is -1.93. The van der Waals surface area contributed by atoms with Crippen LogP contribution in [0.5, 0.6) is 5.75 Å². The number of hydrogen-bond donors (Lipinski definition) is 1. The maximum atomic E-state index is 5.94. The summed E-state index contributed by atoms with van der Waals surface area (Å²) in [6, 6.07) is 14.5. The highest BCUT2D eigenvalue weighted by atomic mass is 16.5. The number of nitrogens with two attached hydrogens (primary N) is 1. The van der Waals surface area contributed by atoms with Crippen LogP contribution in [0.1, 0.15) is 25.3 Å². The van der Waals surface area contributed by atoms with Crippen molar-refractivity contribution in [1.82, 2.24) is 0 Å². The number of ether oxygens (including phenoxy) is 1. The van der Waals surface area contributed by atoms with Crippen molar-refractivity contribution in [1.29, 1.82) is 0 Å². The summed E-state index contributed by atoms with van der Waals surface area (Å²) >= 11 is 0. The Morgan fingerprint density at radius 2 is 1.72 bits per heavy atom. The molecule has 0 fully saturated rings. The number of hydrogen-bond acceptors (Lipinski definition) is 2. The lowest BCUT2D eigenvalue weighted by atomic mass is 9.97. The van der Waals surface area contributed by atoms with E-state index in [1.807, 2.05) is 18.2 Å². The van der Waals surface area contributed by atoms with Gasteiger partial charge in [-0.3, -0.25) is 0 Å². The smallest absolute Gasteiger partial charge is 0.141 e. The zero-order chi connectivity index (χ0) is 13.1. The maximum Gasteiger partial charge on any atom is 0.141 e. The Balaban J connectivity index is 2.42. The molecule has 0 spiro atoms. The molecule has 2 aromatic carbocycles. The summed E-state index contributed by atoms with van der Waals surface area (Å²) in [7, 11) is 1.63. The van der Waals surface area contributed by atoms with E-state index >= 15 is 0 Å². The Hall–Kier alpha value is -1.96. The molecule has 2 N–H and O–H groups in total. The van der Waals surface area contributed by atoms with Crippen molar-refractivity contribution in [3.8, 4) is 16.9 Å². The first-order chi connectivity index (χ1) is 8.61. The van der Waals surface area contributed by atoms with Gasteiger partial charge in [0.15, 0.2) is 0 Å². The van der Waals surface area contributed by atoms with Crippen LogP contribution < -0.4 is 10.5 Å². The zero-order valence-electron chi connectivity index (χ0n) is 11.1. The summed E-state index contributed by atoms with van der Waals surface area (Å²) in [5.74, 6) is 1.25. The van der Waals surface area contributed by atoms with Crippen molar-refractivity contribution in [3.63, 3.8) is 0 Å². The Labute approximate surface area is 108 Å². The van der Waals surface area contributed by atoms with Gasteiger partial charge in [-0.05, 0) is 34.7 Å². The van der Waals surface area contributed by atoms with Gasteiger partial charge in [0.2, 0.25) is 0 Å². The highest BCUT2D eigenvalue weighted by Gasteiger charge is 2.05. The number of nitrogen functional groups attached to an aromatic ring is 1. The standard InChI is InChI=1S/C16H19NO/c1-11(2)12-5-4-6-13(9-12)14-7-8-16(18-3)15(17)10-14/h4-11H,17H2,1-3H3. The van der Waals surface area contributed by atoms with Gasteiger partial charge in [0.25, 0.3) is 0 Å². The van der Waals surface area contributed by atoms with Crippen LogP contribution in [0, 0.1) is 0 Å². The van der Waals surface area contributed by atoms with E-state index in [1.165, 1.54) is 11.1 Å². The highest BCUT2D eigenvalue weighted by Crippen LogP contribution is 2.29. The fraction of sp³-hybridized carbons (Fsp3) is 0.250. The van der Waals surface area contributed by atoms with Gasteiger partial charge < -0.3 is 10.5 Å². The van der Waals surface area contributed by atoms with Gasteiger partial charge >= 0.3 is 0 Å². The topological polar surface area (TPSA) is 35.2 Å². The van der Waals surface area contributed by atoms with Gasteiger partial charge in [0.05, 0.1) is 12.8 Å². The average molecular weight is 241 g/mol. The number of rotatable bonds is 3. The molecule has 0 atom stereocenters. The van der Waals surface area contributed by atoms with E-state index < -0.39 is 0 Å². The molecule has 0 aliphatic heterocycles. The molecule has 94 valence electrons. The van der Waals surface area contributed by atoms with Gasteiger partial charge in [-0.15, -0.1) is 0 Å². The molecule has 0 radical (unpaired) electrons. The first-order valence-corrected chi connectivity index (χ1v) is 6.15. The highest BCUT2D eigenvalue weighted by molar-refractivity contribution is 5.71. The molecule has 0 amide bonds. The van der Waals surface area contributed by atoms with E-state index in [9.17, 15) is 0 Å². The largest absolute Gasteiger partial charge is 0.495 e. The molecule has 0 saturated carbocycles. The van der Waals surface area contributed by atoms with Crippen molar-refractivity contribution in [2.45, 2.75) is 19.8 Å².